The molecule has 138 valence electrons. The van der Waals surface area contributed by atoms with E-state index in [0.717, 1.165) is 22.6 Å². The summed E-state index contributed by atoms with van der Waals surface area (Å²) in [5.74, 6) is 0. The van der Waals surface area contributed by atoms with E-state index >= 15 is 0 Å². The quantitative estimate of drug-likeness (QED) is 0.855. The lowest BCUT2D eigenvalue weighted by Gasteiger charge is -2.34. The van der Waals surface area contributed by atoms with E-state index in [4.69, 9.17) is 0 Å². The van der Waals surface area contributed by atoms with E-state index in [2.05, 4.69) is 29.4 Å². The van der Waals surface area contributed by atoms with E-state index in [1.807, 2.05) is 26.0 Å². The van der Waals surface area contributed by atoms with Gasteiger partial charge in [-0.25, -0.2) is 13.4 Å². The zero-order valence-corrected chi connectivity index (χ0v) is 17.1. The summed E-state index contributed by atoms with van der Waals surface area (Å²) < 4.78 is 28.0. The lowest BCUT2D eigenvalue weighted by atomic mass is 10.0. The van der Waals surface area contributed by atoms with Crippen molar-refractivity contribution in [1.29, 1.82) is 0 Å². The van der Waals surface area contributed by atoms with E-state index < -0.39 is 10.0 Å². The standard InChI is InChI=1S/C17H23N3O2S2.ClH/c1-4-14-5-7-15(8-6-14)16-11-18-9-10-20(16)24(21,22)17-19-12(2)13(3)23-17;/h5-8,16,18H,4,9-11H2,1-3H3;1H. The first-order valence-electron chi connectivity index (χ1n) is 8.19. The van der Waals surface area contributed by atoms with E-state index in [1.165, 1.54) is 16.9 Å². The molecule has 25 heavy (non-hydrogen) atoms. The Morgan fingerprint density at radius 2 is 1.96 bits per heavy atom. The molecule has 1 N–H and O–H groups in total. The SMILES string of the molecule is CCc1ccc(C2CNCCN2S(=O)(=O)c2nc(C)c(C)s2)cc1.Cl. The minimum absolute atomic E-state index is 0. The third-order valence-electron chi connectivity index (χ3n) is 4.51. The van der Waals surface area contributed by atoms with Gasteiger partial charge in [-0.05, 0) is 31.4 Å². The molecule has 1 aromatic heterocycles. The molecule has 2 aromatic rings. The first kappa shape index (κ1) is 20.3. The number of benzene rings is 1. The van der Waals surface area contributed by atoms with Crippen molar-refractivity contribution in [3.63, 3.8) is 0 Å². The van der Waals surface area contributed by atoms with Crippen molar-refractivity contribution < 1.29 is 8.42 Å². The fraction of sp³-hybridized carbons (Fsp3) is 0.471. The lowest BCUT2D eigenvalue weighted by molar-refractivity contribution is 0.271. The molecule has 1 unspecified atom stereocenters. The Balaban J connectivity index is 0.00000225. The molecule has 0 amide bonds. The van der Waals surface area contributed by atoms with Gasteiger partial charge in [0, 0.05) is 24.5 Å². The van der Waals surface area contributed by atoms with Gasteiger partial charge >= 0.3 is 0 Å². The molecular weight excluding hydrogens is 378 g/mol. The van der Waals surface area contributed by atoms with Crippen molar-refractivity contribution in [2.24, 2.45) is 0 Å². The molecule has 1 atom stereocenters. The second kappa shape index (κ2) is 8.14. The van der Waals surface area contributed by atoms with Gasteiger partial charge in [-0.15, -0.1) is 23.7 Å². The van der Waals surface area contributed by atoms with Gasteiger partial charge in [-0.2, -0.15) is 4.31 Å². The second-order valence-electron chi connectivity index (χ2n) is 6.05. The molecule has 0 bridgehead atoms. The maximum absolute atomic E-state index is 13.1. The highest BCUT2D eigenvalue weighted by Crippen LogP contribution is 2.31. The summed E-state index contributed by atoms with van der Waals surface area (Å²) in [6, 6.07) is 8.03. The molecule has 0 radical (unpaired) electrons. The van der Waals surface area contributed by atoms with Gasteiger partial charge in [0.15, 0.2) is 0 Å². The molecule has 2 heterocycles. The van der Waals surface area contributed by atoms with Crippen molar-refractivity contribution in [1.82, 2.24) is 14.6 Å². The number of halogens is 1. The maximum Gasteiger partial charge on any atom is 0.271 e. The number of nitrogens with one attached hydrogen (secondary N) is 1. The van der Waals surface area contributed by atoms with Gasteiger partial charge in [-0.3, -0.25) is 0 Å². The van der Waals surface area contributed by atoms with Crippen molar-refractivity contribution in [2.45, 2.75) is 37.6 Å². The van der Waals surface area contributed by atoms with Crippen LogP contribution in [0.15, 0.2) is 28.6 Å². The van der Waals surface area contributed by atoms with E-state index in [9.17, 15) is 8.42 Å². The predicted molar refractivity (Wildman–Crippen MR) is 104 cm³/mol. The van der Waals surface area contributed by atoms with Crippen molar-refractivity contribution in [3.05, 3.63) is 46.0 Å². The predicted octanol–water partition coefficient (Wildman–Crippen LogP) is 3.08. The molecular formula is C17H24ClN3O2S2. The number of rotatable bonds is 4. The average Bonchev–Trinajstić information content (AvgIpc) is 2.95. The van der Waals surface area contributed by atoms with Crippen molar-refractivity contribution in [2.75, 3.05) is 19.6 Å². The number of sulfonamides is 1. The van der Waals surface area contributed by atoms with Gasteiger partial charge in [-0.1, -0.05) is 31.2 Å². The number of aromatic nitrogens is 1. The van der Waals surface area contributed by atoms with Crippen LogP contribution in [0.3, 0.4) is 0 Å². The Bertz CT molecular complexity index is 799. The molecule has 1 fully saturated rings. The van der Waals surface area contributed by atoms with Crippen LogP contribution in [0.2, 0.25) is 0 Å². The van der Waals surface area contributed by atoms with Crippen LogP contribution in [0.1, 0.15) is 34.7 Å². The topological polar surface area (TPSA) is 62.3 Å². The summed E-state index contributed by atoms with van der Waals surface area (Å²) in [6.07, 6.45) is 0.975. The Kier molecular flexibility index (Phi) is 6.62. The zero-order valence-electron chi connectivity index (χ0n) is 14.7. The summed E-state index contributed by atoms with van der Waals surface area (Å²) in [4.78, 5) is 5.23. The molecule has 1 aliphatic rings. The average molecular weight is 402 g/mol. The Morgan fingerprint density at radius 3 is 2.52 bits per heavy atom. The van der Waals surface area contributed by atoms with Crippen molar-refractivity contribution >= 4 is 33.8 Å². The van der Waals surface area contributed by atoms with E-state index in [0.29, 0.717) is 19.6 Å². The number of nitrogens with zero attached hydrogens (tertiary/aromatic N) is 2. The van der Waals surface area contributed by atoms with Gasteiger partial charge in [0.2, 0.25) is 4.34 Å². The lowest BCUT2D eigenvalue weighted by Crippen LogP contribution is -2.48. The van der Waals surface area contributed by atoms with Gasteiger partial charge in [0.05, 0.1) is 11.7 Å². The van der Waals surface area contributed by atoms with Crippen molar-refractivity contribution in [3.8, 4) is 0 Å². The van der Waals surface area contributed by atoms with Crippen LogP contribution >= 0.6 is 23.7 Å². The summed E-state index contributed by atoms with van der Waals surface area (Å²) >= 11 is 1.26. The Hall–Kier alpha value is -0.990. The largest absolute Gasteiger partial charge is 0.313 e. The van der Waals surface area contributed by atoms with Crippen LogP contribution in [0.25, 0.3) is 0 Å². The molecule has 5 nitrogen and oxygen atoms in total. The number of piperazine rings is 1. The summed E-state index contributed by atoms with van der Waals surface area (Å²) in [7, 11) is -3.58. The number of thiazole rings is 1. The first-order valence-corrected chi connectivity index (χ1v) is 10.4. The van der Waals surface area contributed by atoms with E-state index in [1.54, 1.807) is 4.31 Å². The number of hydrogen-bond donors (Lipinski definition) is 1. The molecule has 8 heteroatoms. The van der Waals surface area contributed by atoms with Crippen LogP contribution < -0.4 is 5.32 Å². The summed E-state index contributed by atoms with van der Waals surface area (Å²) in [5.41, 5.74) is 3.06. The van der Waals surface area contributed by atoms with Gasteiger partial charge in [0.25, 0.3) is 10.0 Å². The van der Waals surface area contributed by atoms with Gasteiger partial charge in [0.1, 0.15) is 0 Å². The fourth-order valence-electron chi connectivity index (χ4n) is 2.89. The first-order chi connectivity index (χ1) is 11.4. The van der Waals surface area contributed by atoms with Crippen LogP contribution in [-0.2, 0) is 16.4 Å². The third-order valence-corrected chi connectivity index (χ3v) is 7.84. The molecule has 0 saturated carbocycles. The number of aryl methyl sites for hydroxylation is 3. The molecule has 1 aliphatic heterocycles. The smallest absolute Gasteiger partial charge is 0.271 e. The minimum Gasteiger partial charge on any atom is -0.313 e. The third kappa shape index (κ3) is 4.06. The highest BCUT2D eigenvalue weighted by molar-refractivity contribution is 7.91. The van der Waals surface area contributed by atoms with Crippen LogP contribution in [0.4, 0.5) is 0 Å². The fourth-order valence-corrected chi connectivity index (χ4v) is 5.92. The Labute approximate surface area is 159 Å². The zero-order chi connectivity index (χ0) is 17.3. The van der Waals surface area contributed by atoms with E-state index in [-0.39, 0.29) is 22.8 Å². The maximum atomic E-state index is 13.1. The van der Waals surface area contributed by atoms with Crippen LogP contribution in [-0.4, -0.2) is 37.3 Å². The monoisotopic (exact) mass is 401 g/mol. The van der Waals surface area contributed by atoms with Crippen LogP contribution in [0.5, 0.6) is 0 Å². The Morgan fingerprint density at radius 1 is 1.28 bits per heavy atom. The number of hydrogen-bond acceptors (Lipinski definition) is 5. The van der Waals surface area contributed by atoms with Crippen LogP contribution in [0, 0.1) is 13.8 Å². The highest BCUT2D eigenvalue weighted by atomic mass is 35.5. The highest BCUT2D eigenvalue weighted by Gasteiger charge is 2.36. The second-order valence-corrected chi connectivity index (χ2v) is 9.32. The minimum atomic E-state index is -3.58. The normalized spacial score (nSPS) is 18.8. The molecule has 3 rings (SSSR count). The molecule has 0 spiro atoms. The molecule has 1 saturated heterocycles. The molecule has 0 aliphatic carbocycles. The summed E-state index contributed by atoms with van der Waals surface area (Å²) in [6.45, 7) is 7.61. The summed E-state index contributed by atoms with van der Waals surface area (Å²) in [5, 5.41) is 3.31. The molecule has 1 aromatic carbocycles. The van der Waals surface area contributed by atoms with Gasteiger partial charge < -0.3 is 5.32 Å².